The normalized spacial score (nSPS) is 10.7. The standard InChI is InChI=1S/C20H20N4O3/c1-3-12-24(13-16-10-7-11-17(21-16)20(25)26-2)14-18-22-19(23-27-18)15-8-5-4-6-9-15/h3-11H,1,12-14H2,2H3. The lowest BCUT2D eigenvalue weighted by Gasteiger charge is -2.18. The molecule has 0 amide bonds. The Morgan fingerprint density at radius 3 is 2.70 bits per heavy atom. The molecule has 0 aliphatic rings. The Hall–Kier alpha value is -3.32. The van der Waals surface area contributed by atoms with E-state index in [1.807, 2.05) is 41.3 Å². The van der Waals surface area contributed by atoms with E-state index in [9.17, 15) is 4.79 Å². The number of methoxy groups -OCH3 is 1. The summed E-state index contributed by atoms with van der Waals surface area (Å²) >= 11 is 0. The number of pyridine rings is 1. The zero-order chi connectivity index (χ0) is 19.1. The molecule has 0 radical (unpaired) electrons. The average Bonchev–Trinajstić information content (AvgIpc) is 3.17. The van der Waals surface area contributed by atoms with E-state index in [1.54, 1.807) is 18.2 Å². The van der Waals surface area contributed by atoms with Crippen molar-refractivity contribution in [3.8, 4) is 11.4 Å². The van der Waals surface area contributed by atoms with Gasteiger partial charge in [-0.2, -0.15) is 4.98 Å². The van der Waals surface area contributed by atoms with Crippen molar-refractivity contribution in [3.05, 3.63) is 78.5 Å². The Labute approximate surface area is 157 Å². The van der Waals surface area contributed by atoms with Crippen LogP contribution in [0.2, 0.25) is 0 Å². The van der Waals surface area contributed by atoms with Gasteiger partial charge in [0.25, 0.3) is 0 Å². The first-order valence-corrected chi connectivity index (χ1v) is 8.45. The maximum atomic E-state index is 11.7. The summed E-state index contributed by atoms with van der Waals surface area (Å²) in [5.41, 5.74) is 1.91. The molecule has 0 unspecified atom stereocenters. The Bertz CT molecular complexity index is 908. The van der Waals surface area contributed by atoms with Gasteiger partial charge in [0.15, 0.2) is 0 Å². The molecule has 0 fully saturated rings. The van der Waals surface area contributed by atoms with Crippen molar-refractivity contribution in [2.45, 2.75) is 13.1 Å². The van der Waals surface area contributed by atoms with E-state index in [2.05, 4.69) is 21.7 Å². The van der Waals surface area contributed by atoms with E-state index < -0.39 is 5.97 Å². The van der Waals surface area contributed by atoms with Crippen molar-refractivity contribution in [3.63, 3.8) is 0 Å². The number of nitrogens with zero attached hydrogens (tertiary/aromatic N) is 4. The van der Waals surface area contributed by atoms with Crippen molar-refractivity contribution >= 4 is 5.97 Å². The van der Waals surface area contributed by atoms with E-state index in [4.69, 9.17) is 9.26 Å². The van der Waals surface area contributed by atoms with Crippen LogP contribution in [0.5, 0.6) is 0 Å². The molecule has 0 saturated heterocycles. The molecule has 0 spiro atoms. The summed E-state index contributed by atoms with van der Waals surface area (Å²) in [5.74, 6) is 0.589. The van der Waals surface area contributed by atoms with Gasteiger partial charge in [0.2, 0.25) is 11.7 Å². The summed E-state index contributed by atoms with van der Waals surface area (Å²) in [6.45, 7) is 5.34. The van der Waals surface area contributed by atoms with E-state index in [-0.39, 0.29) is 5.69 Å². The summed E-state index contributed by atoms with van der Waals surface area (Å²) < 4.78 is 10.1. The van der Waals surface area contributed by atoms with E-state index in [0.717, 1.165) is 11.3 Å². The lowest BCUT2D eigenvalue weighted by molar-refractivity contribution is 0.0593. The molecule has 138 valence electrons. The highest BCUT2D eigenvalue weighted by molar-refractivity contribution is 5.87. The highest BCUT2D eigenvalue weighted by atomic mass is 16.5. The van der Waals surface area contributed by atoms with Crippen LogP contribution in [0, 0.1) is 0 Å². The number of hydrogen-bond donors (Lipinski definition) is 0. The molecule has 3 aromatic rings. The fourth-order valence-electron chi connectivity index (χ4n) is 2.60. The van der Waals surface area contributed by atoms with Crippen molar-refractivity contribution in [1.82, 2.24) is 20.0 Å². The number of rotatable bonds is 8. The first kappa shape index (κ1) is 18.5. The monoisotopic (exact) mass is 364 g/mol. The molecular formula is C20H20N4O3. The van der Waals surface area contributed by atoms with Gasteiger partial charge in [-0.1, -0.05) is 47.6 Å². The largest absolute Gasteiger partial charge is 0.464 e. The molecule has 7 heteroatoms. The number of esters is 1. The van der Waals surface area contributed by atoms with Gasteiger partial charge in [0.1, 0.15) is 5.69 Å². The summed E-state index contributed by atoms with van der Waals surface area (Å²) in [6, 6.07) is 14.9. The van der Waals surface area contributed by atoms with Crippen molar-refractivity contribution < 1.29 is 14.1 Å². The smallest absolute Gasteiger partial charge is 0.356 e. The van der Waals surface area contributed by atoms with Crippen molar-refractivity contribution in [2.75, 3.05) is 13.7 Å². The predicted molar refractivity (Wildman–Crippen MR) is 99.6 cm³/mol. The van der Waals surface area contributed by atoms with Crippen LogP contribution in [0.25, 0.3) is 11.4 Å². The number of carbonyl (C=O) groups is 1. The molecule has 0 atom stereocenters. The lowest BCUT2D eigenvalue weighted by atomic mass is 10.2. The number of ether oxygens (including phenoxy) is 1. The van der Waals surface area contributed by atoms with Crippen LogP contribution < -0.4 is 0 Å². The van der Waals surface area contributed by atoms with E-state index in [1.165, 1.54) is 7.11 Å². The lowest BCUT2D eigenvalue weighted by Crippen LogP contribution is -2.24. The molecule has 2 aromatic heterocycles. The topological polar surface area (TPSA) is 81.4 Å². The minimum Gasteiger partial charge on any atom is -0.464 e. The van der Waals surface area contributed by atoms with Crippen LogP contribution in [0.3, 0.4) is 0 Å². The third-order valence-corrected chi connectivity index (χ3v) is 3.83. The third-order valence-electron chi connectivity index (χ3n) is 3.83. The molecule has 0 aliphatic carbocycles. The highest BCUT2D eigenvalue weighted by Gasteiger charge is 2.14. The Kier molecular flexibility index (Phi) is 6.06. The molecule has 3 rings (SSSR count). The molecule has 0 N–H and O–H groups in total. The fraction of sp³-hybridized carbons (Fsp3) is 0.200. The fourth-order valence-corrected chi connectivity index (χ4v) is 2.60. The summed E-state index contributed by atoms with van der Waals surface area (Å²) in [7, 11) is 1.33. The van der Waals surface area contributed by atoms with Gasteiger partial charge < -0.3 is 9.26 Å². The Morgan fingerprint density at radius 1 is 1.15 bits per heavy atom. The molecule has 0 saturated carbocycles. The third kappa shape index (κ3) is 4.86. The molecule has 0 bridgehead atoms. The summed E-state index contributed by atoms with van der Waals surface area (Å²) in [6.07, 6.45) is 1.79. The quantitative estimate of drug-likeness (QED) is 0.449. The van der Waals surface area contributed by atoms with Crippen LogP contribution in [0.4, 0.5) is 0 Å². The van der Waals surface area contributed by atoms with Crippen LogP contribution in [0.15, 0.2) is 65.7 Å². The molecule has 2 heterocycles. The second kappa shape index (κ2) is 8.86. The van der Waals surface area contributed by atoms with Gasteiger partial charge in [-0.05, 0) is 12.1 Å². The van der Waals surface area contributed by atoms with Gasteiger partial charge in [-0.15, -0.1) is 6.58 Å². The van der Waals surface area contributed by atoms with Gasteiger partial charge in [0, 0.05) is 18.7 Å². The SMILES string of the molecule is C=CCN(Cc1cccc(C(=O)OC)n1)Cc1nc(-c2ccccc2)no1. The van der Waals surface area contributed by atoms with Crippen LogP contribution in [0.1, 0.15) is 22.1 Å². The maximum absolute atomic E-state index is 11.7. The second-order valence-electron chi connectivity index (χ2n) is 5.84. The highest BCUT2D eigenvalue weighted by Crippen LogP contribution is 2.16. The van der Waals surface area contributed by atoms with Crippen molar-refractivity contribution in [2.24, 2.45) is 0 Å². The molecule has 1 aromatic carbocycles. The number of benzene rings is 1. The first-order valence-electron chi connectivity index (χ1n) is 8.45. The minimum atomic E-state index is -0.462. The number of hydrogen-bond acceptors (Lipinski definition) is 7. The van der Waals surface area contributed by atoms with Crippen LogP contribution >= 0.6 is 0 Å². The molecule has 7 nitrogen and oxygen atoms in total. The zero-order valence-electron chi connectivity index (χ0n) is 15.0. The van der Waals surface area contributed by atoms with Gasteiger partial charge in [0.05, 0.1) is 19.3 Å². The zero-order valence-corrected chi connectivity index (χ0v) is 15.0. The summed E-state index contributed by atoms with van der Waals surface area (Å²) in [4.78, 5) is 22.5. The van der Waals surface area contributed by atoms with Crippen molar-refractivity contribution in [1.29, 1.82) is 0 Å². The predicted octanol–water partition coefficient (Wildman–Crippen LogP) is 3.11. The Morgan fingerprint density at radius 2 is 1.96 bits per heavy atom. The molecular weight excluding hydrogens is 344 g/mol. The molecule has 27 heavy (non-hydrogen) atoms. The number of carbonyl (C=O) groups excluding carboxylic acids is 1. The second-order valence-corrected chi connectivity index (χ2v) is 5.84. The van der Waals surface area contributed by atoms with E-state index in [0.29, 0.717) is 31.3 Å². The Balaban J connectivity index is 1.72. The van der Waals surface area contributed by atoms with Gasteiger partial charge in [-0.3, -0.25) is 4.90 Å². The first-order chi connectivity index (χ1) is 13.2. The summed E-state index contributed by atoms with van der Waals surface area (Å²) in [5, 5.41) is 4.04. The van der Waals surface area contributed by atoms with Gasteiger partial charge in [-0.25, -0.2) is 9.78 Å². The van der Waals surface area contributed by atoms with Crippen LogP contribution in [-0.2, 0) is 17.8 Å². The van der Waals surface area contributed by atoms with Gasteiger partial charge >= 0.3 is 5.97 Å². The minimum absolute atomic E-state index is 0.276. The average molecular weight is 364 g/mol. The van der Waals surface area contributed by atoms with E-state index >= 15 is 0 Å². The molecule has 0 aliphatic heterocycles. The van der Waals surface area contributed by atoms with Crippen LogP contribution in [-0.4, -0.2) is 39.6 Å². The number of aromatic nitrogens is 3. The maximum Gasteiger partial charge on any atom is 0.356 e.